The summed E-state index contributed by atoms with van der Waals surface area (Å²) >= 11 is 0. The van der Waals surface area contributed by atoms with E-state index in [4.69, 9.17) is 4.74 Å². The van der Waals surface area contributed by atoms with E-state index in [2.05, 4.69) is 31.3 Å². The van der Waals surface area contributed by atoms with Gasteiger partial charge in [-0.1, -0.05) is 321 Å². The largest absolute Gasteiger partial charge is 0.466 e. The van der Waals surface area contributed by atoms with Gasteiger partial charge in [-0.05, 0) is 51.4 Å². The minimum Gasteiger partial charge on any atom is -0.466 e. The Hall–Kier alpha value is -1.40. The minimum absolute atomic E-state index is 0.00380. The molecule has 0 saturated heterocycles. The maximum atomic E-state index is 12.5. The Morgan fingerprint density at radius 1 is 0.375 bits per heavy atom. The van der Waals surface area contributed by atoms with Gasteiger partial charge in [0.15, 0.2) is 0 Å². The van der Waals surface area contributed by atoms with Crippen LogP contribution in [-0.2, 0) is 14.3 Å². The maximum absolute atomic E-state index is 12.5. The van der Waals surface area contributed by atoms with Gasteiger partial charge in [-0.3, -0.25) is 9.59 Å². The second-order valence-corrected chi connectivity index (χ2v) is 22.8. The normalized spacial score (nSPS) is 12.6. The molecule has 1 amide bonds. The lowest BCUT2D eigenvalue weighted by atomic mass is 10.0. The molecule has 0 aromatic carbocycles. The molecule has 6 nitrogen and oxygen atoms in total. The van der Waals surface area contributed by atoms with Gasteiger partial charge in [-0.25, -0.2) is 0 Å². The SMILES string of the molecule is CCCCCCCC/C=C\CCCCCCCC(=O)OCCCCCCCCCCCCCCCCCCCCCCC(=O)NC(CO)C(O)CCCCCCCCCCCCCCCCCCCCCC. The molecule has 0 saturated carbocycles. The minimum atomic E-state index is -0.666. The number of hydrogen-bond acceptors (Lipinski definition) is 5. The number of aliphatic hydroxyl groups is 2. The number of aliphatic hydroxyl groups excluding tert-OH is 2. The van der Waals surface area contributed by atoms with Gasteiger partial charge in [0.05, 0.1) is 25.4 Å². The molecule has 0 aromatic rings. The summed E-state index contributed by atoms with van der Waals surface area (Å²) in [6.45, 7) is 4.98. The number of unbranched alkanes of at least 4 members (excludes halogenated alkanes) is 49. The second-order valence-electron chi connectivity index (χ2n) is 22.8. The molecule has 428 valence electrons. The van der Waals surface area contributed by atoms with E-state index in [1.807, 2.05) is 0 Å². The lowest BCUT2D eigenvalue weighted by molar-refractivity contribution is -0.143. The zero-order chi connectivity index (χ0) is 52.2. The number of hydrogen-bond donors (Lipinski definition) is 3. The van der Waals surface area contributed by atoms with Crippen LogP contribution in [0.3, 0.4) is 0 Å². The van der Waals surface area contributed by atoms with E-state index in [1.165, 1.54) is 295 Å². The zero-order valence-electron chi connectivity index (χ0n) is 48.9. The Labute approximate surface area is 450 Å². The Kier molecular flexibility index (Phi) is 60.9. The fourth-order valence-electron chi connectivity index (χ4n) is 10.5. The van der Waals surface area contributed by atoms with E-state index < -0.39 is 12.1 Å². The van der Waals surface area contributed by atoms with Gasteiger partial charge in [0.25, 0.3) is 0 Å². The van der Waals surface area contributed by atoms with Crippen molar-refractivity contribution in [1.29, 1.82) is 0 Å². The fourth-order valence-corrected chi connectivity index (χ4v) is 10.5. The van der Waals surface area contributed by atoms with Gasteiger partial charge in [0.1, 0.15) is 0 Å². The highest BCUT2D eigenvalue weighted by Gasteiger charge is 2.20. The Morgan fingerprint density at radius 2 is 0.653 bits per heavy atom. The standard InChI is InChI=1S/C66H129NO5/c1-3-5-7-9-11-13-15-17-19-20-21-24-27-31-34-38-42-46-50-54-58-64(69)63(62-68)67-65(70)59-55-51-47-43-39-35-32-28-25-22-23-26-29-33-37-41-45-49-53-57-61-72-66(71)60-56-52-48-44-40-36-30-18-16-14-12-10-8-6-4-2/h18,30,63-64,68-69H,3-17,19-29,31-62H2,1-2H3,(H,67,70)/b30-18-. The third-order valence-corrected chi connectivity index (χ3v) is 15.6. The number of carbonyl (C=O) groups is 2. The van der Waals surface area contributed by atoms with Crippen LogP contribution in [0.15, 0.2) is 12.2 Å². The topological polar surface area (TPSA) is 95.9 Å². The van der Waals surface area contributed by atoms with E-state index in [0.29, 0.717) is 25.9 Å². The maximum Gasteiger partial charge on any atom is 0.305 e. The van der Waals surface area contributed by atoms with E-state index in [-0.39, 0.29) is 18.5 Å². The summed E-state index contributed by atoms with van der Waals surface area (Å²) in [7, 11) is 0. The van der Waals surface area contributed by atoms with Crippen LogP contribution in [0.2, 0.25) is 0 Å². The number of rotatable bonds is 62. The Morgan fingerprint density at radius 3 is 0.986 bits per heavy atom. The van der Waals surface area contributed by atoms with Crippen LogP contribution in [-0.4, -0.2) is 47.4 Å². The summed E-state index contributed by atoms with van der Waals surface area (Å²) in [5.74, 6) is -0.0290. The number of carbonyl (C=O) groups excluding carboxylic acids is 2. The molecule has 0 rings (SSSR count). The van der Waals surface area contributed by atoms with Gasteiger partial charge in [0.2, 0.25) is 5.91 Å². The van der Waals surface area contributed by atoms with Crippen LogP contribution < -0.4 is 5.32 Å². The Balaban J connectivity index is 3.39. The molecule has 0 radical (unpaired) electrons. The third-order valence-electron chi connectivity index (χ3n) is 15.6. The number of allylic oxidation sites excluding steroid dienone is 2. The highest BCUT2D eigenvalue weighted by atomic mass is 16.5. The third kappa shape index (κ3) is 57.9. The van der Waals surface area contributed by atoms with Crippen LogP contribution in [0.5, 0.6) is 0 Å². The first-order valence-corrected chi connectivity index (χ1v) is 32.9. The van der Waals surface area contributed by atoms with Gasteiger partial charge in [0, 0.05) is 12.8 Å². The van der Waals surface area contributed by atoms with E-state index in [1.54, 1.807) is 0 Å². The van der Waals surface area contributed by atoms with Crippen molar-refractivity contribution in [1.82, 2.24) is 5.32 Å². The lowest BCUT2D eigenvalue weighted by Crippen LogP contribution is -2.45. The molecule has 2 atom stereocenters. The summed E-state index contributed by atoms with van der Waals surface area (Å²) in [4.78, 5) is 24.6. The summed E-state index contributed by atoms with van der Waals surface area (Å²) < 4.78 is 5.48. The monoisotopic (exact) mass is 1020 g/mol. The van der Waals surface area contributed by atoms with Crippen molar-refractivity contribution in [3.63, 3.8) is 0 Å². The summed E-state index contributed by atoms with van der Waals surface area (Å²) in [5.41, 5.74) is 0. The predicted octanol–water partition coefficient (Wildman–Crippen LogP) is 20.8. The Bertz CT molecular complexity index is 1080. The van der Waals surface area contributed by atoms with Crippen molar-refractivity contribution < 1.29 is 24.5 Å². The first-order valence-electron chi connectivity index (χ1n) is 32.9. The molecule has 0 fully saturated rings. The van der Waals surface area contributed by atoms with E-state index >= 15 is 0 Å². The molecular formula is C66H129NO5. The average molecular weight is 1020 g/mol. The smallest absolute Gasteiger partial charge is 0.305 e. The molecule has 0 spiro atoms. The van der Waals surface area contributed by atoms with Gasteiger partial charge in [-0.15, -0.1) is 0 Å². The number of esters is 1. The molecule has 0 aromatic heterocycles. The van der Waals surface area contributed by atoms with E-state index in [0.717, 1.165) is 44.9 Å². The molecule has 72 heavy (non-hydrogen) atoms. The number of ether oxygens (including phenoxy) is 1. The van der Waals surface area contributed by atoms with Gasteiger partial charge >= 0.3 is 5.97 Å². The van der Waals surface area contributed by atoms with Crippen molar-refractivity contribution in [3.8, 4) is 0 Å². The molecule has 2 unspecified atom stereocenters. The molecule has 0 aliphatic rings. The van der Waals surface area contributed by atoms with Crippen LogP contribution >= 0.6 is 0 Å². The predicted molar refractivity (Wildman–Crippen MR) is 315 cm³/mol. The van der Waals surface area contributed by atoms with Crippen molar-refractivity contribution in [3.05, 3.63) is 12.2 Å². The molecular weight excluding hydrogens is 887 g/mol. The number of amides is 1. The quantitative estimate of drug-likeness (QED) is 0.0320. The molecule has 6 heteroatoms. The highest BCUT2D eigenvalue weighted by Crippen LogP contribution is 2.19. The first kappa shape index (κ1) is 70.6. The van der Waals surface area contributed by atoms with Crippen LogP contribution in [0, 0.1) is 0 Å². The van der Waals surface area contributed by atoms with Crippen molar-refractivity contribution >= 4 is 11.9 Å². The second kappa shape index (κ2) is 62.1. The fraction of sp³-hybridized carbons (Fsp3) is 0.939. The van der Waals surface area contributed by atoms with Crippen LogP contribution in [0.4, 0.5) is 0 Å². The number of nitrogens with one attached hydrogen (secondary N) is 1. The summed E-state index contributed by atoms with van der Waals surface area (Å²) in [6.07, 6.45) is 75.1. The molecule has 0 bridgehead atoms. The molecule has 0 heterocycles. The first-order chi connectivity index (χ1) is 35.5. The zero-order valence-corrected chi connectivity index (χ0v) is 48.9. The van der Waals surface area contributed by atoms with Crippen molar-refractivity contribution in [2.75, 3.05) is 13.2 Å². The van der Waals surface area contributed by atoms with Crippen LogP contribution in [0.1, 0.15) is 373 Å². The van der Waals surface area contributed by atoms with E-state index in [9.17, 15) is 19.8 Å². The van der Waals surface area contributed by atoms with Crippen molar-refractivity contribution in [2.24, 2.45) is 0 Å². The summed E-state index contributed by atoms with van der Waals surface area (Å²) in [6, 6.07) is -0.543. The van der Waals surface area contributed by atoms with Crippen molar-refractivity contribution in [2.45, 2.75) is 386 Å². The average Bonchev–Trinajstić information content (AvgIpc) is 3.38. The molecule has 0 aliphatic heterocycles. The molecule has 0 aliphatic carbocycles. The summed E-state index contributed by atoms with van der Waals surface area (Å²) in [5, 5.41) is 23.4. The highest BCUT2D eigenvalue weighted by molar-refractivity contribution is 5.76. The van der Waals surface area contributed by atoms with Gasteiger partial charge in [-0.2, -0.15) is 0 Å². The molecule has 3 N–H and O–H groups in total. The van der Waals surface area contributed by atoms with Gasteiger partial charge < -0.3 is 20.3 Å². The lowest BCUT2D eigenvalue weighted by Gasteiger charge is -2.22. The van der Waals surface area contributed by atoms with Crippen LogP contribution in [0.25, 0.3) is 0 Å².